The minimum absolute atomic E-state index is 0.130. The van der Waals surface area contributed by atoms with Crippen LogP contribution in [0.15, 0.2) is 10.2 Å². The Labute approximate surface area is 126 Å². The van der Waals surface area contributed by atoms with E-state index < -0.39 is 17.2 Å². The van der Waals surface area contributed by atoms with Crippen molar-refractivity contribution in [2.24, 2.45) is 15.9 Å². The van der Waals surface area contributed by atoms with E-state index in [0.717, 1.165) is 43.2 Å². The third kappa shape index (κ3) is 4.85. The van der Waals surface area contributed by atoms with Crippen LogP contribution in [0.4, 0.5) is 4.79 Å². The first kappa shape index (κ1) is 15.5. The average molecular weight is 311 g/mol. The summed E-state index contributed by atoms with van der Waals surface area (Å²) in [6.07, 6.45) is 5.23. The number of nitrogens with zero attached hydrogens (tertiary/aromatic N) is 2. The number of hydrogen-bond acceptors (Lipinski definition) is 6. The van der Waals surface area contributed by atoms with Crippen LogP contribution in [0, 0.1) is 0 Å². The summed E-state index contributed by atoms with van der Waals surface area (Å²) >= 11 is 1.13. The standard InChI is InChI=1S/C12H17N5O3S/c13-11(20)14-9(18)6-8-10(19)15-12(21-8)17-16-7-4-2-1-3-5-7/h8H,1-6H2,(H,15,17,19)(H3,13,14,18,20). The molecular formula is C12H17N5O3S. The molecule has 0 aromatic carbocycles. The van der Waals surface area contributed by atoms with Crippen molar-refractivity contribution in [3.8, 4) is 0 Å². The second-order valence-corrected chi connectivity index (χ2v) is 6.04. The van der Waals surface area contributed by atoms with E-state index in [-0.39, 0.29) is 12.3 Å². The molecule has 0 aromatic rings. The highest BCUT2D eigenvalue weighted by Crippen LogP contribution is 2.23. The molecule has 0 spiro atoms. The first-order valence-corrected chi connectivity index (χ1v) is 7.63. The van der Waals surface area contributed by atoms with Gasteiger partial charge in [-0.3, -0.25) is 14.9 Å². The Hall–Kier alpha value is -1.90. The quantitative estimate of drug-likeness (QED) is 0.655. The summed E-state index contributed by atoms with van der Waals surface area (Å²) in [6, 6.07) is -0.930. The van der Waals surface area contributed by atoms with Gasteiger partial charge in [0, 0.05) is 12.1 Å². The van der Waals surface area contributed by atoms with E-state index in [1.807, 2.05) is 5.32 Å². The molecule has 1 atom stereocenters. The number of nitrogens with two attached hydrogens (primary N) is 1. The van der Waals surface area contributed by atoms with Crippen LogP contribution in [0.25, 0.3) is 0 Å². The maximum Gasteiger partial charge on any atom is 0.318 e. The van der Waals surface area contributed by atoms with Gasteiger partial charge in [0.1, 0.15) is 5.25 Å². The van der Waals surface area contributed by atoms with Crippen molar-refractivity contribution >= 4 is 40.5 Å². The van der Waals surface area contributed by atoms with Crippen molar-refractivity contribution < 1.29 is 14.4 Å². The van der Waals surface area contributed by atoms with Gasteiger partial charge in [0.25, 0.3) is 0 Å². The molecule has 4 N–H and O–H groups in total. The summed E-state index contributed by atoms with van der Waals surface area (Å²) in [5.74, 6) is -0.905. The van der Waals surface area contributed by atoms with Crippen LogP contribution in [-0.2, 0) is 9.59 Å². The number of carbonyl (C=O) groups excluding carboxylic acids is 3. The van der Waals surface area contributed by atoms with Crippen LogP contribution in [0.1, 0.15) is 38.5 Å². The van der Waals surface area contributed by atoms with Crippen LogP contribution < -0.4 is 16.4 Å². The number of hydrogen-bond donors (Lipinski definition) is 3. The highest BCUT2D eigenvalue weighted by molar-refractivity contribution is 8.15. The smallest absolute Gasteiger partial charge is 0.318 e. The van der Waals surface area contributed by atoms with Gasteiger partial charge in [-0.1, -0.05) is 18.2 Å². The Morgan fingerprint density at radius 2 is 2.00 bits per heavy atom. The van der Waals surface area contributed by atoms with Gasteiger partial charge in [0.15, 0.2) is 5.17 Å². The number of thioether (sulfide) groups is 1. The van der Waals surface area contributed by atoms with E-state index in [1.165, 1.54) is 6.42 Å². The number of imide groups is 1. The SMILES string of the molecule is NC(=O)NC(=O)CC1S/C(=N/N=C2CCCCC2)NC1=O. The number of rotatable bonds is 3. The van der Waals surface area contributed by atoms with Gasteiger partial charge in [-0.25, -0.2) is 4.79 Å². The number of primary amides is 1. The summed E-state index contributed by atoms with van der Waals surface area (Å²) in [4.78, 5) is 33.6. The minimum atomic E-state index is -0.930. The Morgan fingerprint density at radius 1 is 1.29 bits per heavy atom. The van der Waals surface area contributed by atoms with Crippen LogP contribution in [0.2, 0.25) is 0 Å². The fourth-order valence-electron chi connectivity index (χ4n) is 2.12. The molecule has 2 aliphatic rings. The Bertz CT molecular complexity index is 509. The van der Waals surface area contributed by atoms with E-state index in [2.05, 4.69) is 15.5 Å². The van der Waals surface area contributed by atoms with E-state index >= 15 is 0 Å². The van der Waals surface area contributed by atoms with Crippen molar-refractivity contribution in [3.63, 3.8) is 0 Å². The van der Waals surface area contributed by atoms with Gasteiger partial charge in [0.2, 0.25) is 11.8 Å². The van der Waals surface area contributed by atoms with Gasteiger partial charge < -0.3 is 11.1 Å². The molecule has 4 amide bonds. The Morgan fingerprint density at radius 3 is 2.67 bits per heavy atom. The van der Waals surface area contributed by atoms with Crippen molar-refractivity contribution in [3.05, 3.63) is 0 Å². The lowest BCUT2D eigenvalue weighted by atomic mass is 9.99. The summed E-state index contributed by atoms with van der Waals surface area (Å²) in [7, 11) is 0. The van der Waals surface area contributed by atoms with Gasteiger partial charge >= 0.3 is 6.03 Å². The number of nitrogens with one attached hydrogen (secondary N) is 2. The molecule has 0 bridgehead atoms. The largest absolute Gasteiger partial charge is 0.351 e. The molecule has 1 saturated carbocycles. The topological polar surface area (TPSA) is 126 Å². The van der Waals surface area contributed by atoms with Crippen molar-refractivity contribution in [1.82, 2.24) is 10.6 Å². The average Bonchev–Trinajstić information content (AvgIpc) is 2.77. The molecule has 1 saturated heterocycles. The Balaban J connectivity index is 1.89. The first-order chi connectivity index (χ1) is 10.0. The van der Waals surface area contributed by atoms with Gasteiger partial charge in [-0.05, 0) is 25.7 Å². The third-order valence-electron chi connectivity index (χ3n) is 3.12. The summed E-state index contributed by atoms with van der Waals surface area (Å²) in [5, 5.41) is 12.5. The normalized spacial score (nSPS) is 23.8. The van der Waals surface area contributed by atoms with Crippen molar-refractivity contribution in [1.29, 1.82) is 0 Å². The van der Waals surface area contributed by atoms with Gasteiger partial charge in [-0.15, -0.1) is 5.10 Å². The minimum Gasteiger partial charge on any atom is -0.351 e. The fourth-order valence-corrected chi connectivity index (χ4v) is 3.04. The maximum atomic E-state index is 11.7. The fraction of sp³-hybridized carbons (Fsp3) is 0.583. The lowest BCUT2D eigenvalue weighted by molar-refractivity contribution is -0.124. The molecule has 114 valence electrons. The van der Waals surface area contributed by atoms with Gasteiger partial charge in [0.05, 0.1) is 0 Å². The number of urea groups is 1. The molecule has 1 aliphatic carbocycles. The molecule has 21 heavy (non-hydrogen) atoms. The van der Waals surface area contributed by atoms with Crippen molar-refractivity contribution in [2.45, 2.75) is 43.8 Å². The predicted octanol–water partition coefficient (Wildman–Crippen LogP) is 0.479. The zero-order valence-corrected chi connectivity index (χ0v) is 12.2. The maximum absolute atomic E-state index is 11.7. The van der Waals surface area contributed by atoms with E-state index in [4.69, 9.17) is 5.73 Å². The summed E-state index contributed by atoms with van der Waals surface area (Å²) in [5.41, 5.74) is 5.88. The molecule has 2 fully saturated rings. The highest BCUT2D eigenvalue weighted by atomic mass is 32.2. The third-order valence-corrected chi connectivity index (χ3v) is 4.20. The second-order valence-electron chi connectivity index (χ2n) is 4.84. The van der Waals surface area contributed by atoms with Crippen LogP contribution >= 0.6 is 11.8 Å². The lowest BCUT2D eigenvalue weighted by Crippen LogP contribution is -2.37. The molecule has 0 aromatic heterocycles. The Kier molecular flexibility index (Phi) is 5.32. The van der Waals surface area contributed by atoms with Crippen LogP contribution in [-0.4, -0.2) is 34.0 Å². The predicted molar refractivity (Wildman–Crippen MR) is 79.8 cm³/mol. The van der Waals surface area contributed by atoms with Crippen molar-refractivity contribution in [2.75, 3.05) is 0 Å². The van der Waals surface area contributed by atoms with Crippen LogP contribution in [0.3, 0.4) is 0 Å². The van der Waals surface area contributed by atoms with Gasteiger partial charge in [-0.2, -0.15) is 5.10 Å². The molecule has 8 nitrogen and oxygen atoms in total. The zero-order valence-electron chi connectivity index (χ0n) is 11.4. The first-order valence-electron chi connectivity index (χ1n) is 6.75. The molecule has 1 heterocycles. The molecule has 9 heteroatoms. The summed E-state index contributed by atoms with van der Waals surface area (Å²) < 4.78 is 0. The summed E-state index contributed by atoms with van der Waals surface area (Å²) in [6.45, 7) is 0. The molecule has 1 aliphatic heterocycles. The molecule has 0 radical (unpaired) electrons. The number of carbonyl (C=O) groups is 3. The zero-order chi connectivity index (χ0) is 15.2. The van der Waals surface area contributed by atoms with E-state index in [9.17, 15) is 14.4 Å². The lowest BCUT2D eigenvalue weighted by Gasteiger charge is -2.10. The monoisotopic (exact) mass is 311 g/mol. The number of amidine groups is 1. The van der Waals surface area contributed by atoms with E-state index in [0.29, 0.717) is 5.17 Å². The van der Waals surface area contributed by atoms with E-state index in [1.54, 1.807) is 0 Å². The second kappa shape index (κ2) is 7.21. The molecular weight excluding hydrogens is 294 g/mol. The number of amides is 4. The molecule has 2 rings (SSSR count). The van der Waals surface area contributed by atoms with Crippen LogP contribution in [0.5, 0.6) is 0 Å². The highest BCUT2D eigenvalue weighted by Gasteiger charge is 2.32. The molecule has 1 unspecified atom stereocenters.